The Morgan fingerprint density at radius 3 is 2.69 bits per heavy atom. The van der Waals surface area contributed by atoms with Gasteiger partial charge in [0.05, 0.1) is 23.9 Å². The number of nitriles is 3. The Labute approximate surface area is 158 Å². The molecule has 0 spiro atoms. The number of rotatable bonds is 4. The first-order valence-corrected chi connectivity index (χ1v) is 10.0. The SMILES string of the molecule is CCCCc1ccc([C@H]2[C@H]3CCCC=C3[C@H](C#N)C(=N)C2(C#N)C#N)s1. The average Bonchev–Trinajstić information content (AvgIpc) is 3.14. The normalized spacial score (nSPS) is 26.8. The van der Waals surface area contributed by atoms with Crippen LogP contribution in [0.2, 0.25) is 0 Å². The van der Waals surface area contributed by atoms with E-state index in [1.54, 1.807) is 11.3 Å². The van der Waals surface area contributed by atoms with Crippen LogP contribution in [-0.4, -0.2) is 5.71 Å². The Kier molecular flexibility index (Phi) is 5.26. The van der Waals surface area contributed by atoms with Gasteiger partial charge in [-0.1, -0.05) is 19.4 Å². The number of aryl methyl sites for hydroxylation is 1. The van der Waals surface area contributed by atoms with Crippen molar-refractivity contribution in [3.05, 3.63) is 33.5 Å². The highest BCUT2D eigenvalue weighted by molar-refractivity contribution is 7.12. The van der Waals surface area contributed by atoms with Crippen molar-refractivity contribution in [3.63, 3.8) is 0 Å². The summed E-state index contributed by atoms with van der Waals surface area (Å²) < 4.78 is 0. The van der Waals surface area contributed by atoms with Crippen LogP contribution in [0.4, 0.5) is 0 Å². The lowest BCUT2D eigenvalue weighted by atomic mass is 9.54. The van der Waals surface area contributed by atoms with Gasteiger partial charge in [-0.3, -0.25) is 0 Å². The highest BCUT2D eigenvalue weighted by Gasteiger charge is 2.57. The lowest BCUT2D eigenvalue weighted by Crippen LogP contribution is -2.48. The molecular formula is C21H22N4S. The van der Waals surface area contributed by atoms with Gasteiger partial charge in [0.15, 0.2) is 5.41 Å². The monoisotopic (exact) mass is 362 g/mol. The van der Waals surface area contributed by atoms with Crippen LogP contribution in [0.15, 0.2) is 23.8 Å². The van der Waals surface area contributed by atoms with E-state index in [0.29, 0.717) is 0 Å². The number of nitrogens with zero attached hydrogens (tertiary/aromatic N) is 3. The molecule has 0 aliphatic heterocycles. The maximum Gasteiger partial charge on any atom is 0.190 e. The Balaban J connectivity index is 2.12. The number of fused-ring (bicyclic) bond motifs is 1. The van der Waals surface area contributed by atoms with Gasteiger partial charge in [0.25, 0.3) is 0 Å². The van der Waals surface area contributed by atoms with Crippen LogP contribution in [0.3, 0.4) is 0 Å². The van der Waals surface area contributed by atoms with Gasteiger partial charge in [0, 0.05) is 15.7 Å². The number of thiophene rings is 1. The van der Waals surface area contributed by atoms with Crippen LogP contribution in [0.1, 0.15) is 54.7 Å². The molecule has 132 valence electrons. The first-order valence-electron chi connectivity index (χ1n) is 9.22. The summed E-state index contributed by atoms with van der Waals surface area (Å²) in [6, 6.07) is 10.6. The van der Waals surface area contributed by atoms with Crippen LogP contribution in [0.5, 0.6) is 0 Å². The van der Waals surface area contributed by atoms with Crippen molar-refractivity contribution in [3.8, 4) is 18.2 Å². The van der Waals surface area contributed by atoms with Crippen molar-refractivity contribution < 1.29 is 0 Å². The highest BCUT2D eigenvalue weighted by Crippen LogP contribution is 2.56. The molecule has 2 aliphatic carbocycles. The van der Waals surface area contributed by atoms with E-state index in [2.05, 4.69) is 37.3 Å². The topological polar surface area (TPSA) is 95.2 Å². The number of hydrogen-bond acceptors (Lipinski definition) is 5. The van der Waals surface area contributed by atoms with Crippen LogP contribution < -0.4 is 0 Å². The van der Waals surface area contributed by atoms with Crippen molar-refractivity contribution >= 4 is 17.0 Å². The van der Waals surface area contributed by atoms with Crippen molar-refractivity contribution in [2.45, 2.75) is 51.4 Å². The van der Waals surface area contributed by atoms with Crippen molar-refractivity contribution in [1.29, 1.82) is 21.2 Å². The zero-order valence-electron chi connectivity index (χ0n) is 15.0. The van der Waals surface area contributed by atoms with Gasteiger partial charge >= 0.3 is 0 Å². The molecule has 0 bridgehead atoms. The standard InChI is InChI=1S/C21H22N4S/c1-2-3-6-14-9-10-18(26-14)19-16-8-5-4-7-15(16)17(11-22)20(25)21(19,12-23)13-24/h7,9-10,16-17,19,25H,2-6,8H2,1H3/t16-,17-,19+/m0/s1. The average molecular weight is 363 g/mol. The predicted octanol–water partition coefficient (Wildman–Crippen LogP) is 5.11. The minimum absolute atomic E-state index is 0.000486. The Hall–Kier alpha value is -2.42. The third kappa shape index (κ3) is 2.76. The van der Waals surface area contributed by atoms with E-state index >= 15 is 0 Å². The molecule has 0 unspecified atom stereocenters. The lowest BCUT2D eigenvalue weighted by Gasteiger charge is -2.45. The second-order valence-corrected chi connectivity index (χ2v) is 8.33. The molecular weight excluding hydrogens is 340 g/mol. The molecule has 0 aromatic carbocycles. The fourth-order valence-corrected chi connectivity index (χ4v) is 5.65. The third-order valence-corrected chi connectivity index (χ3v) is 6.92. The molecule has 1 heterocycles. The summed E-state index contributed by atoms with van der Waals surface area (Å²) in [4.78, 5) is 2.28. The molecule has 0 amide bonds. The van der Waals surface area contributed by atoms with Crippen LogP contribution in [0, 0.1) is 56.7 Å². The summed E-state index contributed by atoms with van der Waals surface area (Å²) in [7, 11) is 0. The molecule has 3 rings (SSSR count). The van der Waals surface area contributed by atoms with Gasteiger partial charge in [-0.15, -0.1) is 11.3 Å². The van der Waals surface area contributed by atoms with E-state index in [0.717, 1.165) is 49.0 Å². The van der Waals surface area contributed by atoms with E-state index in [1.807, 2.05) is 6.07 Å². The van der Waals surface area contributed by atoms with E-state index in [-0.39, 0.29) is 17.5 Å². The van der Waals surface area contributed by atoms with Crippen LogP contribution >= 0.6 is 11.3 Å². The van der Waals surface area contributed by atoms with E-state index in [1.165, 1.54) is 4.88 Å². The molecule has 4 nitrogen and oxygen atoms in total. The van der Waals surface area contributed by atoms with Crippen molar-refractivity contribution in [2.75, 3.05) is 0 Å². The Bertz CT molecular complexity index is 844. The third-order valence-electron chi connectivity index (χ3n) is 5.69. The van der Waals surface area contributed by atoms with E-state index in [9.17, 15) is 15.8 Å². The smallest absolute Gasteiger partial charge is 0.190 e. The quantitative estimate of drug-likeness (QED) is 0.754. The zero-order chi connectivity index (χ0) is 18.7. The number of hydrogen-bond donors (Lipinski definition) is 1. The summed E-state index contributed by atoms with van der Waals surface area (Å²) in [6.45, 7) is 2.16. The Morgan fingerprint density at radius 1 is 1.27 bits per heavy atom. The second-order valence-electron chi connectivity index (χ2n) is 7.13. The molecule has 2 aliphatic rings. The molecule has 1 aromatic heterocycles. The van der Waals surface area contributed by atoms with Crippen molar-refractivity contribution in [1.82, 2.24) is 0 Å². The predicted molar refractivity (Wildman–Crippen MR) is 102 cm³/mol. The first-order chi connectivity index (χ1) is 12.6. The molecule has 26 heavy (non-hydrogen) atoms. The van der Waals surface area contributed by atoms with Gasteiger partial charge < -0.3 is 5.41 Å². The molecule has 1 N–H and O–H groups in total. The Morgan fingerprint density at radius 2 is 2.04 bits per heavy atom. The lowest BCUT2D eigenvalue weighted by molar-refractivity contribution is 0.324. The van der Waals surface area contributed by atoms with Gasteiger partial charge in [-0.05, 0) is 55.7 Å². The minimum atomic E-state index is -1.55. The number of nitrogens with one attached hydrogen (secondary N) is 1. The molecule has 1 aromatic rings. The molecule has 1 saturated carbocycles. The highest BCUT2D eigenvalue weighted by atomic mass is 32.1. The van der Waals surface area contributed by atoms with Crippen LogP contribution in [-0.2, 0) is 6.42 Å². The van der Waals surface area contributed by atoms with E-state index in [4.69, 9.17) is 5.41 Å². The van der Waals surface area contributed by atoms with Gasteiger partial charge in [-0.2, -0.15) is 15.8 Å². The number of allylic oxidation sites excluding steroid dienone is 2. The minimum Gasteiger partial charge on any atom is -0.305 e. The summed E-state index contributed by atoms with van der Waals surface area (Å²) >= 11 is 1.67. The second kappa shape index (κ2) is 7.45. The molecule has 0 radical (unpaired) electrons. The molecule has 0 saturated heterocycles. The summed E-state index contributed by atoms with van der Waals surface area (Å²) in [5, 5.41) is 38.1. The van der Waals surface area contributed by atoms with Gasteiger partial charge in [0.1, 0.15) is 5.92 Å². The molecule has 3 atom stereocenters. The summed E-state index contributed by atoms with van der Waals surface area (Å²) in [5.74, 6) is -1.09. The summed E-state index contributed by atoms with van der Waals surface area (Å²) in [6.07, 6.45) is 8.10. The van der Waals surface area contributed by atoms with Crippen molar-refractivity contribution in [2.24, 2.45) is 17.3 Å². The van der Waals surface area contributed by atoms with Gasteiger partial charge in [-0.25, -0.2) is 0 Å². The largest absolute Gasteiger partial charge is 0.305 e. The summed E-state index contributed by atoms with van der Waals surface area (Å²) in [5.41, 5.74) is -0.631. The maximum atomic E-state index is 9.96. The fourth-order valence-electron chi connectivity index (χ4n) is 4.36. The maximum absolute atomic E-state index is 9.96. The van der Waals surface area contributed by atoms with E-state index < -0.39 is 11.3 Å². The van der Waals surface area contributed by atoms with Gasteiger partial charge in [0.2, 0.25) is 0 Å². The fraction of sp³-hybridized carbons (Fsp3) is 0.524. The van der Waals surface area contributed by atoms with Crippen LogP contribution in [0.25, 0.3) is 0 Å². The molecule has 5 heteroatoms. The molecule has 1 fully saturated rings. The zero-order valence-corrected chi connectivity index (χ0v) is 15.8. The number of unbranched alkanes of at least 4 members (excludes halogenated alkanes) is 1. The first kappa shape index (κ1) is 18.4.